The molecule has 0 aliphatic heterocycles. The van der Waals surface area contributed by atoms with Gasteiger partial charge in [0.25, 0.3) is 6.43 Å². The molecule has 1 saturated carbocycles. The smallest absolute Gasteiger partial charge is 0.266 e. The topological polar surface area (TPSA) is 29.5 Å². The summed E-state index contributed by atoms with van der Waals surface area (Å²) in [6.45, 7) is 0. The lowest BCUT2D eigenvalue weighted by atomic mass is 9.83. The standard InChI is InChI=1S/C8H14F2O2/c1-12-6-3-2-4-8(11,5-6)7(9)10/h6-7,11H,2-5H2,1H3. The molecule has 2 atom stereocenters. The average Bonchev–Trinajstić information content (AvgIpc) is 2.04. The van der Waals surface area contributed by atoms with E-state index in [1.54, 1.807) is 0 Å². The van der Waals surface area contributed by atoms with Crippen LogP contribution >= 0.6 is 0 Å². The Labute approximate surface area is 70.5 Å². The maximum absolute atomic E-state index is 12.3. The molecule has 2 unspecified atom stereocenters. The second kappa shape index (κ2) is 3.66. The Bertz CT molecular complexity index is 152. The zero-order valence-corrected chi connectivity index (χ0v) is 7.09. The van der Waals surface area contributed by atoms with E-state index in [-0.39, 0.29) is 18.9 Å². The number of methoxy groups -OCH3 is 1. The molecule has 0 aromatic heterocycles. The van der Waals surface area contributed by atoms with Gasteiger partial charge in [-0.05, 0) is 19.3 Å². The summed E-state index contributed by atoms with van der Waals surface area (Å²) >= 11 is 0. The molecular formula is C8H14F2O2. The molecule has 0 aromatic rings. The number of rotatable bonds is 2. The van der Waals surface area contributed by atoms with E-state index in [1.807, 2.05) is 0 Å². The number of hydrogen-bond donors (Lipinski definition) is 1. The van der Waals surface area contributed by atoms with E-state index in [1.165, 1.54) is 7.11 Å². The van der Waals surface area contributed by atoms with Gasteiger partial charge in [0.15, 0.2) is 0 Å². The minimum absolute atomic E-state index is 0.0567. The fourth-order valence-corrected chi connectivity index (χ4v) is 1.63. The molecule has 0 aromatic carbocycles. The monoisotopic (exact) mass is 180 g/mol. The van der Waals surface area contributed by atoms with Crippen molar-refractivity contribution >= 4 is 0 Å². The van der Waals surface area contributed by atoms with Crippen molar-refractivity contribution in [3.8, 4) is 0 Å². The minimum atomic E-state index is -2.66. The van der Waals surface area contributed by atoms with E-state index >= 15 is 0 Å². The van der Waals surface area contributed by atoms with Crippen molar-refractivity contribution in [2.75, 3.05) is 7.11 Å². The third-order valence-corrected chi connectivity index (χ3v) is 2.46. The fraction of sp³-hybridized carbons (Fsp3) is 1.00. The van der Waals surface area contributed by atoms with Gasteiger partial charge in [0, 0.05) is 13.5 Å². The van der Waals surface area contributed by atoms with Crippen LogP contribution in [0.2, 0.25) is 0 Å². The van der Waals surface area contributed by atoms with E-state index < -0.39 is 12.0 Å². The number of alkyl halides is 2. The molecule has 0 radical (unpaired) electrons. The first-order valence-corrected chi connectivity index (χ1v) is 4.12. The Morgan fingerprint density at radius 2 is 2.25 bits per heavy atom. The largest absolute Gasteiger partial charge is 0.384 e. The van der Waals surface area contributed by atoms with Gasteiger partial charge in [0.2, 0.25) is 0 Å². The van der Waals surface area contributed by atoms with Crippen LogP contribution in [0.15, 0.2) is 0 Å². The first-order chi connectivity index (χ1) is 5.58. The van der Waals surface area contributed by atoms with E-state index in [0.29, 0.717) is 6.42 Å². The second-order valence-corrected chi connectivity index (χ2v) is 3.36. The molecule has 12 heavy (non-hydrogen) atoms. The molecule has 1 N–H and O–H groups in total. The first-order valence-electron chi connectivity index (χ1n) is 4.12. The van der Waals surface area contributed by atoms with Crippen LogP contribution in [0.3, 0.4) is 0 Å². The summed E-state index contributed by atoms with van der Waals surface area (Å²) in [4.78, 5) is 0. The van der Waals surface area contributed by atoms with Gasteiger partial charge in [-0.15, -0.1) is 0 Å². The lowest BCUT2D eigenvalue weighted by Crippen LogP contribution is -2.44. The Morgan fingerprint density at radius 1 is 1.58 bits per heavy atom. The Hall–Kier alpha value is -0.220. The quantitative estimate of drug-likeness (QED) is 0.699. The molecule has 0 bridgehead atoms. The van der Waals surface area contributed by atoms with Gasteiger partial charge >= 0.3 is 0 Å². The third-order valence-electron chi connectivity index (χ3n) is 2.46. The highest BCUT2D eigenvalue weighted by Gasteiger charge is 2.42. The highest BCUT2D eigenvalue weighted by atomic mass is 19.3. The first kappa shape index (κ1) is 9.86. The van der Waals surface area contributed by atoms with Crippen molar-refractivity contribution in [3.63, 3.8) is 0 Å². The van der Waals surface area contributed by atoms with E-state index in [0.717, 1.165) is 6.42 Å². The fourth-order valence-electron chi connectivity index (χ4n) is 1.63. The van der Waals surface area contributed by atoms with Crippen molar-refractivity contribution in [3.05, 3.63) is 0 Å². The van der Waals surface area contributed by atoms with Crippen molar-refractivity contribution in [1.82, 2.24) is 0 Å². The van der Waals surface area contributed by atoms with Crippen LogP contribution in [0, 0.1) is 0 Å². The number of aliphatic hydroxyl groups is 1. The molecule has 2 nitrogen and oxygen atoms in total. The highest BCUT2D eigenvalue weighted by Crippen LogP contribution is 2.34. The van der Waals surface area contributed by atoms with E-state index in [9.17, 15) is 13.9 Å². The number of halogens is 2. The SMILES string of the molecule is COC1CCCC(O)(C(F)F)C1. The van der Waals surface area contributed by atoms with Gasteiger partial charge in [-0.25, -0.2) is 8.78 Å². The van der Waals surface area contributed by atoms with Crippen LogP contribution in [0.25, 0.3) is 0 Å². The summed E-state index contributed by atoms with van der Waals surface area (Å²) in [6, 6.07) is 0. The molecule has 0 saturated heterocycles. The molecular weight excluding hydrogens is 166 g/mol. The molecule has 1 aliphatic carbocycles. The molecule has 72 valence electrons. The molecule has 1 fully saturated rings. The van der Waals surface area contributed by atoms with Gasteiger partial charge in [-0.1, -0.05) is 0 Å². The summed E-state index contributed by atoms with van der Waals surface area (Å²) in [5.41, 5.74) is -1.81. The maximum atomic E-state index is 12.3. The summed E-state index contributed by atoms with van der Waals surface area (Å²) in [7, 11) is 1.49. The summed E-state index contributed by atoms with van der Waals surface area (Å²) < 4.78 is 29.6. The lowest BCUT2D eigenvalue weighted by molar-refractivity contribution is -0.142. The highest BCUT2D eigenvalue weighted by molar-refractivity contribution is 4.88. The average molecular weight is 180 g/mol. The van der Waals surface area contributed by atoms with Gasteiger partial charge in [-0.3, -0.25) is 0 Å². The normalized spacial score (nSPS) is 37.2. The maximum Gasteiger partial charge on any atom is 0.266 e. The van der Waals surface area contributed by atoms with Crippen molar-refractivity contribution in [1.29, 1.82) is 0 Å². The minimum Gasteiger partial charge on any atom is -0.384 e. The summed E-state index contributed by atoms with van der Waals surface area (Å²) in [5, 5.41) is 9.42. The second-order valence-electron chi connectivity index (χ2n) is 3.36. The van der Waals surface area contributed by atoms with Gasteiger partial charge in [-0.2, -0.15) is 0 Å². The Balaban J connectivity index is 2.54. The predicted octanol–water partition coefficient (Wildman–Crippen LogP) is 1.57. The van der Waals surface area contributed by atoms with Crippen LogP contribution in [0.4, 0.5) is 8.78 Å². The van der Waals surface area contributed by atoms with E-state index in [2.05, 4.69) is 0 Å². The summed E-state index contributed by atoms with van der Waals surface area (Å²) in [6.07, 6.45) is -1.25. The molecule has 0 heterocycles. The third kappa shape index (κ3) is 1.93. The predicted molar refractivity (Wildman–Crippen MR) is 40.2 cm³/mol. The van der Waals surface area contributed by atoms with Crippen molar-refractivity contribution < 1.29 is 18.6 Å². The van der Waals surface area contributed by atoms with Crippen LogP contribution in [0.5, 0.6) is 0 Å². The molecule has 0 spiro atoms. The van der Waals surface area contributed by atoms with Crippen LogP contribution < -0.4 is 0 Å². The van der Waals surface area contributed by atoms with Crippen LogP contribution in [0.1, 0.15) is 25.7 Å². The summed E-state index contributed by atoms with van der Waals surface area (Å²) in [5.74, 6) is 0. The Morgan fingerprint density at radius 3 is 2.75 bits per heavy atom. The van der Waals surface area contributed by atoms with Crippen molar-refractivity contribution in [2.45, 2.75) is 43.8 Å². The van der Waals surface area contributed by atoms with Crippen LogP contribution in [-0.2, 0) is 4.74 Å². The number of hydrogen-bond acceptors (Lipinski definition) is 2. The van der Waals surface area contributed by atoms with Crippen molar-refractivity contribution in [2.24, 2.45) is 0 Å². The zero-order chi connectivity index (χ0) is 9.19. The van der Waals surface area contributed by atoms with Gasteiger partial charge < -0.3 is 9.84 Å². The van der Waals surface area contributed by atoms with Gasteiger partial charge in [0.05, 0.1) is 6.10 Å². The lowest BCUT2D eigenvalue weighted by Gasteiger charge is -2.35. The zero-order valence-electron chi connectivity index (χ0n) is 7.09. The van der Waals surface area contributed by atoms with Gasteiger partial charge in [0.1, 0.15) is 5.60 Å². The molecule has 4 heteroatoms. The number of ether oxygens (including phenoxy) is 1. The Kier molecular flexibility index (Phi) is 3.01. The van der Waals surface area contributed by atoms with Crippen LogP contribution in [-0.4, -0.2) is 30.3 Å². The molecule has 1 aliphatic rings. The van der Waals surface area contributed by atoms with E-state index in [4.69, 9.17) is 4.74 Å². The molecule has 0 amide bonds. The molecule has 1 rings (SSSR count).